The molecule has 1 nitrogen and oxygen atoms in total. The predicted octanol–water partition coefficient (Wildman–Crippen LogP) is 3.86. The van der Waals surface area contributed by atoms with Crippen LogP contribution in [-0.4, -0.2) is 5.25 Å². The average molecular weight is 304 g/mol. The Bertz CT molecular complexity index is 408. The summed E-state index contributed by atoms with van der Waals surface area (Å²) in [6.45, 7) is 4.32. The summed E-state index contributed by atoms with van der Waals surface area (Å²) in [5, 5.41) is 0.366. The van der Waals surface area contributed by atoms with Gasteiger partial charge in [0, 0.05) is 27.1 Å². The Hall–Kier alpha value is -0.0600. The minimum absolute atomic E-state index is 0.0844. The van der Waals surface area contributed by atoms with Crippen LogP contribution < -0.4 is 5.73 Å². The van der Waals surface area contributed by atoms with Gasteiger partial charge in [-0.2, -0.15) is 11.8 Å². The van der Waals surface area contributed by atoms with E-state index < -0.39 is 0 Å². The van der Waals surface area contributed by atoms with Crippen LogP contribution >= 0.6 is 27.7 Å². The first-order valence-corrected chi connectivity index (χ1v) is 7.20. The molecule has 2 atom stereocenters. The smallest absolute Gasteiger partial charge is 0.127 e. The molecule has 2 N–H and O–H groups in total. The van der Waals surface area contributed by atoms with Gasteiger partial charge in [-0.3, -0.25) is 0 Å². The molecule has 4 heteroatoms. The van der Waals surface area contributed by atoms with Gasteiger partial charge >= 0.3 is 0 Å². The topological polar surface area (TPSA) is 26.0 Å². The first kappa shape index (κ1) is 12.4. The molecule has 0 saturated heterocycles. The van der Waals surface area contributed by atoms with Crippen LogP contribution in [0, 0.1) is 11.7 Å². The Balaban J connectivity index is 2.48. The normalized spacial score (nSPS) is 24.6. The third-order valence-corrected chi connectivity index (χ3v) is 5.38. The van der Waals surface area contributed by atoms with Gasteiger partial charge in [0.05, 0.1) is 0 Å². The molecule has 1 aliphatic heterocycles. The van der Waals surface area contributed by atoms with Crippen molar-refractivity contribution < 1.29 is 4.39 Å². The molecule has 0 radical (unpaired) electrons. The molecular weight excluding hydrogens is 289 g/mol. The Morgan fingerprint density at radius 2 is 2.19 bits per heavy atom. The third-order valence-electron chi connectivity index (χ3n) is 3.01. The van der Waals surface area contributed by atoms with Crippen molar-refractivity contribution in [3.63, 3.8) is 0 Å². The number of hydrogen-bond donors (Lipinski definition) is 1. The van der Waals surface area contributed by atoms with Gasteiger partial charge in [-0.15, -0.1) is 0 Å². The second-order valence-electron chi connectivity index (χ2n) is 4.47. The van der Waals surface area contributed by atoms with Crippen molar-refractivity contribution in [2.75, 3.05) is 0 Å². The summed E-state index contributed by atoms with van der Waals surface area (Å²) in [4.78, 5) is 0. The lowest BCUT2D eigenvalue weighted by molar-refractivity contribution is 0.512. The van der Waals surface area contributed by atoms with Crippen LogP contribution in [-0.2, 0) is 5.75 Å². The number of halogens is 2. The molecule has 1 aliphatic rings. The molecule has 0 amide bonds. The number of rotatable bonds is 1. The second-order valence-corrected chi connectivity index (χ2v) is 6.49. The summed E-state index contributed by atoms with van der Waals surface area (Å²) in [5.41, 5.74) is 7.97. The van der Waals surface area contributed by atoms with Crippen LogP contribution in [0.15, 0.2) is 16.6 Å². The molecule has 1 heterocycles. The lowest BCUT2D eigenvalue weighted by Crippen LogP contribution is -2.32. The molecule has 0 bridgehead atoms. The standard InChI is InChI=1S/C12H15BrFNS/c1-6(2)12-11(15)10-7(5-16-12)9(14)4-3-8(10)13/h3-4,6,11-12H,5,15H2,1-2H3. The summed E-state index contributed by atoms with van der Waals surface area (Å²) >= 11 is 5.24. The van der Waals surface area contributed by atoms with E-state index in [2.05, 4.69) is 29.8 Å². The highest BCUT2D eigenvalue weighted by molar-refractivity contribution is 9.10. The molecule has 88 valence electrons. The highest BCUT2D eigenvalue weighted by Crippen LogP contribution is 2.43. The maximum atomic E-state index is 13.7. The fraction of sp³-hybridized carbons (Fsp3) is 0.500. The van der Waals surface area contributed by atoms with Crippen LogP contribution in [0.2, 0.25) is 0 Å². The van der Waals surface area contributed by atoms with Gasteiger partial charge in [-0.1, -0.05) is 29.8 Å². The Morgan fingerprint density at radius 1 is 1.50 bits per heavy atom. The molecular formula is C12H15BrFNS. The average Bonchev–Trinajstić information content (AvgIpc) is 2.23. The van der Waals surface area contributed by atoms with E-state index in [0.29, 0.717) is 11.2 Å². The van der Waals surface area contributed by atoms with Crippen molar-refractivity contribution in [1.82, 2.24) is 0 Å². The molecule has 2 unspecified atom stereocenters. The second kappa shape index (κ2) is 4.67. The minimum atomic E-state index is -0.136. The van der Waals surface area contributed by atoms with E-state index in [0.717, 1.165) is 21.4 Å². The molecule has 0 spiro atoms. The summed E-state index contributed by atoms with van der Waals surface area (Å²) in [6, 6.07) is 3.17. The zero-order valence-corrected chi connectivity index (χ0v) is 11.7. The molecule has 2 rings (SSSR count). The van der Waals surface area contributed by atoms with Gasteiger partial charge in [0.15, 0.2) is 0 Å². The van der Waals surface area contributed by atoms with E-state index in [4.69, 9.17) is 5.73 Å². The Labute approximate surface area is 108 Å². The first-order valence-electron chi connectivity index (χ1n) is 5.36. The zero-order valence-electron chi connectivity index (χ0n) is 9.34. The quantitative estimate of drug-likeness (QED) is 0.852. The highest BCUT2D eigenvalue weighted by atomic mass is 79.9. The molecule has 1 aromatic carbocycles. The van der Waals surface area contributed by atoms with E-state index in [1.54, 1.807) is 17.8 Å². The van der Waals surface area contributed by atoms with Gasteiger partial charge in [0.1, 0.15) is 5.82 Å². The molecule has 0 aliphatic carbocycles. The van der Waals surface area contributed by atoms with Crippen LogP contribution in [0.1, 0.15) is 31.0 Å². The Kier molecular flexibility index (Phi) is 3.62. The molecule has 1 aromatic rings. The van der Waals surface area contributed by atoms with Crippen LogP contribution in [0.4, 0.5) is 4.39 Å². The summed E-state index contributed by atoms with van der Waals surface area (Å²) < 4.78 is 14.6. The van der Waals surface area contributed by atoms with E-state index in [1.807, 2.05) is 0 Å². The molecule has 0 fully saturated rings. The van der Waals surface area contributed by atoms with Gasteiger partial charge < -0.3 is 5.73 Å². The van der Waals surface area contributed by atoms with E-state index in [1.165, 1.54) is 6.07 Å². The fourth-order valence-electron chi connectivity index (χ4n) is 2.17. The summed E-state index contributed by atoms with van der Waals surface area (Å²) in [6.07, 6.45) is 0. The maximum absolute atomic E-state index is 13.7. The first-order chi connectivity index (χ1) is 7.52. The third kappa shape index (κ3) is 2.03. The number of nitrogens with two attached hydrogens (primary N) is 1. The van der Waals surface area contributed by atoms with Crippen molar-refractivity contribution in [2.24, 2.45) is 11.7 Å². The number of hydrogen-bond acceptors (Lipinski definition) is 2. The highest BCUT2D eigenvalue weighted by Gasteiger charge is 2.32. The lowest BCUT2D eigenvalue weighted by atomic mass is 9.93. The number of benzene rings is 1. The molecule has 0 saturated carbocycles. The van der Waals surface area contributed by atoms with Crippen LogP contribution in [0.5, 0.6) is 0 Å². The van der Waals surface area contributed by atoms with Gasteiger partial charge in [-0.25, -0.2) is 4.39 Å². The number of thioether (sulfide) groups is 1. The van der Waals surface area contributed by atoms with Crippen LogP contribution in [0.25, 0.3) is 0 Å². The Morgan fingerprint density at radius 3 is 2.81 bits per heavy atom. The molecule has 0 aromatic heterocycles. The SMILES string of the molecule is CC(C)C1SCc2c(F)ccc(Br)c2C1N. The predicted molar refractivity (Wildman–Crippen MR) is 70.9 cm³/mol. The van der Waals surface area contributed by atoms with Gasteiger partial charge in [-0.05, 0) is 23.6 Å². The number of fused-ring (bicyclic) bond motifs is 1. The van der Waals surface area contributed by atoms with E-state index >= 15 is 0 Å². The monoisotopic (exact) mass is 303 g/mol. The lowest BCUT2D eigenvalue weighted by Gasteiger charge is -2.34. The summed E-state index contributed by atoms with van der Waals surface area (Å²) in [5.74, 6) is 1.09. The van der Waals surface area contributed by atoms with Crippen molar-refractivity contribution >= 4 is 27.7 Å². The van der Waals surface area contributed by atoms with E-state index in [9.17, 15) is 4.39 Å². The van der Waals surface area contributed by atoms with Gasteiger partial charge in [0.25, 0.3) is 0 Å². The molecule has 16 heavy (non-hydrogen) atoms. The van der Waals surface area contributed by atoms with Gasteiger partial charge in [0.2, 0.25) is 0 Å². The van der Waals surface area contributed by atoms with Crippen molar-refractivity contribution in [1.29, 1.82) is 0 Å². The van der Waals surface area contributed by atoms with Crippen LogP contribution in [0.3, 0.4) is 0 Å². The van der Waals surface area contributed by atoms with Crippen molar-refractivity contribution in [3.05, 3.63) is 33.5 Å². The van der Waals surface area contributed by atoms with E-state index in [-0.39, 0.29) is 11.9 Å². The van der Waals surface area contributed by atoms with Crippen molar-refractivity contribution in [3.8, 4) is 0 Å². The minimum Gasteiger partial charge on any atom is -0.323 e. The zero-order chi connectivity index (χ0) is 11.9. The largest absolute Gasteiger partial charge is 0.323 e. The summed E-state index contributed by atoms with van der Waals surface area (Å²) in [7, 11) is 0. The fourth-order valence-corrected chi connectivity index (χ4v) is 4.19. The maximum Gasteiger partial charge on any atom is 0.127 e. The van der Waals surface area contributed by atoms with Crippen molar-refractivity contribution in [2.45, 2.75) is 30.9 Å².